The molecule has 0 aliphatic heterocycles. The molecule has 0 spiro atoms. The molecule has 0 unspecified atom stereocenters. The molecule has 4 heteroatoms. The van der Waals surface area contributed by atoms with Crippen molar-refractivity contribution >= 4 is 31.5 Å². The Balaban J connectivity index is 0.924. The van der Waals surface area contributed by atoms with Crippen molar-refractivity contribution in [3.63, 3.8) is 0 Å². The van der Waals surface area contributed by atoms with Crippen LogP contribution in [0.15, 0.2) is 249 Å². The van der Waals surface area contributed by atoms with Gasteiger partial charge in [-0.2, -0.15) is 0 Å². The highest BCUT2D eigenvalue weighted by molar-refractivity contribution is 7.25. The van der Waals surface area contributed by atoms with E-state index in [4.69, 9.17) is 15.0 Å². The molecule has 4 heterocycles. The minimum absolute atomic E-state index is 0.888. The summed E-state index contributed by atoms with van der Waals surface area (Å²) in [6.45, 7) is 0. The summed E-state index contributed by atoms with van der Waals surface area (Å²) in [6, 6.07) is 83.1. The molecule has 0 atom stereocenters. The van der Waals surface area contributed by atoms with Gasteiger partial charge in [0.05, 0.1) is 17.1 Å². The summed E-state index contributed by atoms with van der Waals surface area (Å²) in [4.78, 5) is 15.0. The van der Waals surface area contributed by atoms with Crippen LogP contribution in [0.1, 0.15) is 22.3 Å². The second kappa shape index (κ2) is 19.8. The van der Waals surface area contributed by atoms with Crippen molar-refractivity contribution in [2.45, 2.75) is 25.7 Å². The Labute approximate surface area is 419 Å². The van der Waals surface area contributed by atoms with E-state index in [1.165, 1.54) is 64.7 Å². The first-order valence-corrected chi connectivity index (χ1v) is 25.3. The fourth-order valence-corrected chi connectivity index (χ4v) is 11.0. The molecule has 0 saturated heterocycles. The lowest BCUT2D eigenvalue weighted by atomic mass is 9.87. The average Bonchev–Trinajstić information content (AvgIpc) is 3.83. The number of aryl methyl sites for hydroxylation is 4. The number of hydrogen-bond donors (Lipinski definition) is 0. The van der Waals surface area contributed by atoms with Crippen LogP contribution < -0.4 is 0 Å². The quantitative estimate of drug-likeness (QED) is 0.116. The summed E-state index contributed by atoms with van der Waals surface area (Å²) in [7, 11) is 0. The molecule has 338 valence electrons. The summed E-state index contributed by atoms with van der Waals surface area (Å²) in [5.74, 6) is 0. The predicted molar refractivity (Wildman–Crippen MR) is 298 cm³/mol. The molecular weight excluding hydrogens is 879 g/mol. The van der Waals surface area contributed by atoms with E-state index in [9.17, 15) is 0 Å². The minimum Gasteiger partial charge on any atom is -0.256 e. The Morgan fingerprint density at radius 3 is 1.37 bits per heavy atom. The van der Waals surface area contributed by atoms with Crippen LogP contribution in [-0.4, -0.2) is 15.0 Å². The topological polar surface area (TPSA) is 38.7 Å². The van der Waals surface area contributed by atoms with E-state index in [2.05, 4.69) is 225 Å². The molecule has 0 aliphatic carbocycles. The molecule has 0 radical (unpaired) electrons. The first kappa shape index (κ1) is 43.7. The fourth-order valence-electron chi connectivity index (χ4n) is 9.88. The number of rotatable bonds is 13. The van der Waals surface area contributed by atoms with Gasteiger partial charge in [0.25, 0.3) is 0 Å². The van der Waals surface area contributed by atoms with Crippen molar-refractivity contribution < 1.29 is 0 Å². The maximum Gasteiger partial charge on any atom is 0.0709 e. The van der Waals surface area contributed by atoms with Gasteiger partial charge in [0.2, 0.25) is 0 Å². The van der Waals surface area contributed by atoms with Gasteiger partial charge >= 0.3 is 0 Å². The Morgan fingerprint density at radius 1 is 0.254 bits per heavy atom. The van der Waals surface area contributed by atoms with Crippen molar-refractivity contribution in [2.75, 3.05) is 0 Å². The number of hydrogen-bond acceptors (Lipinski definition) is 4. The Bertz CT molecular complexity index is 3670. The number of nitrogens with zero attached hydrogens (tertiary/aromatic N) is 3. The number of thiophene rings is 1. The second-order valence-electron chi connectivity index (χ2n) is 18.3. The van der Waals surface area contributed by atoms with Crippen LogP contribution in [0.5, 0.6) is 0 Å². The van der Waals surface area contributed by atoms with Gasteiger partial charge in [-0.1, -0.05) is 200 Å². The third-order valence-corrected chi connectivity index (χ3v) is 14.8. The zero-order valence-corrected chi connectivity index (χ0v) is 40.1. The van der Waals surface area contributed by atoms with Gasteiger partial charge in [-0.25, -0.2) is 0 Å². The van der Waals surface area contributed by atoms with E-state index in [-0.39, 0.29) is 0 Å². The van der Waals surface area contributed by atoms with Crippen molar-refractivity contribution in [1.29, 1.82) is 0 Å². The molecule has 0 saturated carbocycles. The van der Waals surface area contributed by atoms with Gasteiger partial charge in [-0.05, 0) is 117 Å². The molecule has 0 fully saturated rings. The molecule has 4 aromatic heterocycles. The highest BCUT2D eigenvalue weighted by Gasteiger charge is 2.18. The lowest BCUT2D eigenvalue weighted by molar-refractivity contribution is 0.923. The smallest absolute Gasteiger partial charge is 0.0709 e. The molecule has 0 N–H and O–H groups in total. The van der Waals surface area contributed by atoms with Crippen molar-refractivity contribution in [1.82, 2.24) is 15.0 Å². The molecule has 0 amide bonds. The number of benzene rings is 8. The average molecular weight is 928 g/mol. The van der Waals surface area contributed by atoms with Crippen LogP contribution in [0.4, 0.5) is 0 Å². The largest absolute Gasteiger partial charge is 0.256 e. The molecule has 8 aromatic carbocycles. The third kappa shape index (κ3) is 9.46. The molecule has 0 bridgehead atoms. The van der Waals surface area contributed by atoms with Crippen molar-refractivity contribution in [3.05, 3.63) is 271 Å². The number of fused-ring (bicyclic) bond motifs is 3. The SMILES string of the molecule is c1ccc(-c2ccc(-c3cc(-c4ccc5c(c4)sc4ccccc45)ncc3-c3ccccc3-c3cc(CCc4ccc(-c5ccccc5)nc4)cc(CCc4ccc(-c5ccccc5)nc4)c3)cc2)cc1. The van der Waals surface area contributed by atoms with E-state index in [0.29, 0.717) is 0 Å². The summed E-state index contributed by atoms with van der Waals surface area (Å²) in [5.41, 5.74) is 20.7. The Morgan fingerprint density at radius 2 is 0.746 bits per heavy atom. The normalized spacial score (nSPS) is 11.3. The molecule has 3 nitrogen and oxygen atoms in total. The lowest BCUT2D eigenvalue weighted by Crippen LogP contribution is -1.99. The third-order valence-electron chi connectivity index (χ3n) is 13.7. The van der Waals surface area contributed by atoms with E-state index < -0.39 is 0 Å². The second-order valence-corrected chi connectivity index (χ2v) is 19.4. The van der Waals surface area contributed by atoms with Crippen LogP contribution in [0.3, 0.4) is 0 Å². The zero-order valence-electron chi connectivity index (χ0n) is 39.2. The summed E-state index contributed by atoms with van der Waals surface area (Å²) in [6.07, 6.45) is 9.74. The van der Waals surface area contributed by atoms with E-state index in [1.807, 2.05) is 35.9 Å². The maximum absolute atomic E-state index is 5.28. The monoisotopic (exact) mass is 927 g/mol. The highest BCUT2D eigenvalue weighted by Crippen LogP contribution is 2.42. The predicted octanol–water partition coefficient (Wildman–Crippen LogP) is 17.5. The Kier molecular flexibility index (Phi) is 12.2. The van der Waals surface area contributed by atoms with Gasteiger partial charge in [0.15, 0.2) is 0 Å². The van der Waals surface area contributed by atoms with Crippen LogP contribution in [-0.2, 0) is 25.7 Å². The minimum atomic E-state index is 0.888. The highest BCUT2D eigenvalue weighted by atomic mass is 32.1. The van der Waals surface area contributed by atoms with Gasteiger partial charge in [-0.3, -0.25) is 15.0 Å². The Hall–Kier alpha value is -8.57. The summed E-state index contributed by atoms with van der Waals surface area (Å²) < 4.78 is 2.57. The van der Waals surface area contributed by atoms with Crippen LogP contribution in [0.2, 0.25) is 0 Å². The van der Waals surface area contributed by atoms with Crippen molar-refractivity contribution in [2.24, 2.45) is 0 Å². The molecule has 12 rings (SSSR count). The summed E-state index contributed by atoms with van der Waals surface area (Å²) >= 11 is 1.84. The molecular formula is C67H49N3S. The fraction of sp³-hybridized carbons (Fsp3) is 0.0597. The summed E-state index contributed by atoms with van der Waals surface area (Å²) in [5, 5.41) is 2.59. The maximum atomic E-state index is 5.28. The van der Waals surface area contributed by atoms with Gasteiger partial charge in [0.1, 0.15) is 0 Å². The van der Waals surface area contributed by atoms with E-state index in [1.54, 1.807) is 0 Å². The van der Waals surface area contributed by atoms with Crippen molar-refractivity contribution in [3.8, 4) is 78.3 Å². The molecule has 0 aliphatic rings. The standard InChI is InChI=1S/C67H49N3S/c1-4-14-50(15-5-1)51-30-32-52(33-31-51)61-42-65(55-34-35-60-59-22-12-13-23-66(59)71-67(60)41-55)70-45-62(61)58-21-11-10-20-57(58)56-39-48(26-24-46-28-36-63(68-43-46)53-16-6-2-7-17-53)38-49(40-56)27-25-47-29-37-64(69-44-47)54-18-8-3-9-19-54/h1-23,28-45H,24-27H2. The number of pyridine rings is 3. The van der Waals surface area contributed by atoms with Gasteiger partial charge in [-0.15, -0.1) is 11.3 Å². The van der Waals surface area contributed by atoms with Gasteiger partial charge in [0, 0.05) is 61.0 Å². The first-order valence-electron chi connectivity index (χ1n) is 24.5. The van der Waals surface area contributed by atoms with Crippen LogP contribution in [0.25, 0.3) is 98.5 Å². The van der Waals surface area contributed by atoms with E-state index >= 15 is 0 Å². The molecule has 12 aromatic rings. The zero-order chi connectivity index (χ0) is 47.3. The lowest BCUT2D eigenvalue weighted by Gasteiger charge is -2.18. The number of aromatic nitrogens is 3. The van der Waals surface area contributed by atoms with Crippen LogP contribution >= 0.6 is 11.3 Å². The van der Waals surface area contributed by atoms with Crippen LogP contribution in [0, 0.1) is 0 Å². The molecule has 71 heavy (non-hydrogen) atoms. The first-order chi connectivity index (χ1) is 35.1. The van der Waals surface area contributed by atoms with E-state index in [0.717, 1.165) is 81.7 Å². The van der Waals surface area contributed by atoms with Gasteiger partial charge < -0.3 is 0 Å².